The highest BCUT2D eigenvalue weighted by atomic mass is 16.5. The Hall–Kier alpha value is -0.830. The van der Waals surface area contributed by atoms with E-state index in [0.717, 1.165) is 12.8 Å². The van der Waals surface area contributed by atoms with Crippen LogP contribution in [0.2, 0.25) is 0 Å². The van der Waals surface area contributed by atoms with Crippen molar-refractivity contribution in [2.75, 3.05) is 13.2 Å². The zero-order chi connectivity index (χ0) is 9.68. The third kappa shape index (κ3) is 3.59. The van der Waals surface area contributed by atoms with Gasteiger partial charge in [-0.25, -0.2) is 0 Å². The topological polar surface area (TPSA) is 35.5 Å². The summed E-state index contributed by atoms with van der Waals surface area (Å²) in [5, 5.41) is 0. The van der Waals surface area contributed by atoms with Gasteiger partial charge in [-0.3, -0.25) is 4.79 Å². The largest absolute Gasteiger partial charge is 0.490 e. The molecule has 0 aliphatic carbocycles. The lowest BCUT2D eigenvalue weighted by Crippen LogP contribution is -2.18. The molecule has 74 valence electrons. The van der Waals surface area contributed by atoms with Gasteiger partial charge in [0.25, 0.3) is 0 Å². The number of hydrogen-bond acceptors (Lipinski definition) is 3. The van der Waals surface area contributed by atoms with Gasteiger partial charge in [0.15, 0.2) is 5.76 Å². The SMILES string of the molecule is CC(C)OCC(=O)C1=CCCCO1. The van der Waals surface area contributed by atoms with Crippen molar-refractivity contribution >= 4 is 5.78 Å². The molecule has 0 amide bonds. The fourth-order valence-electron chi connectivity index (χ4n) is 1.07. The predicted molar refractivity (Wildman–Crippen MR) is 49.4 cm³/mol. The van der Waals surface area contributed by atoms with Crippen molar-refractivity contribution in [2.45, 2.75) is 32.8 Å². The average molecular weight is 184 g/mol. The van der Waals surface area contributed by atoms with Gasteiger partial charge in [0.2, 0.25) is 5.78 Å². The number of rotatable bonds is 4. The van der Waals surface area contributed by atoms with E-state index in [1.807, 2.05) is 19.9 Å². The summed E-state index contributed by atoms with van der Waals surface area (Å²) >= 11 is 0. The Kier molecular flexibility index (Phi) is 3.96. The van der Waals surface area contributed by atoms with Crippen LogP contribution in [0.5, 0.6) is 0 Å². The van der Waals surface area contributed by atoms with Gasteiger partial charge >= 0.3 is 0 Å². The van der Waals surface area contributed by atoms with Crippen molar-refractivity contribution in [1.29, 1.82) is 0 Å². The zero-order valence-electron chi connectivity index (χ0n) is 8.21. The molecule has 3 nitrogen and oxygen atoms in total. The maximum atomic E-state index is 11.4. The van der Waals surface area contributed by atoms with Crippen LogP contribution in [0.4, 0.5) is 0 Å². The number of allylic oxidation sites excluding steroid dienone is 1. The van der Waals surface area contributed by atoms with E-state index in [1.54, 1.807) is 0 Å². The van der Waals surface area contributed by atoms with Crippen LogP contribution >= 0.6 is 0 Å². The van der Waals surface area contributed by atoms with E-state index in [0.29, 0.717) is 12.4 Å². The molecule has 0 saturated heterocycles. The molecule has 0 aromatic carbocycles. The highest BCUT2D eigenvalue weighted by molar-refractivity contribution is 5.94. The molecule has 1 aliphatic heterocycles. The van der Waals surface area contributed by atoms with E-state index >= 15 is 0 Å². The van der Waals surface area contributed by atoms with Gasteiger partial charge in [0.05, 0.1) is 12.7 Å². The van der Waals surface area contributed by atoms with Crippen LogP contribution in [-0.2, 0) is 14.3 Å². The zero-order valence-corrected chi connectivity index (χ0v) is 8.21. The summed E-state index contributed by atoms with van der Waals surface area (Å²) in [6, 6.07) is 0. The highest BCUT2D eigenvalue weighted by Crippen LogP contribution is 2.10. The van der Waals surface area contributed by atoms with Crippen molar-refractivity contribution in [3.8, 4) is 0 Å². The van der Waals surface area contributed by atoms with Crippen LogP contribution in [0.15, 0.2) is 11.8 Å². The summed E-state index contributed by atoms with van der Waals surface area (Å²) in [5.74, 6) is 0.431. The van der Waals surface area contributed by atoms with Crippen LogP contribution in [0.1, 0.15) is 26.7 Å². The molecule has 0 N–H and O–H groups in total. The minimum Gasteiger partial charge on any atom is -0.490 e. The summed E-state index contributed by atoms with van der Waals surface area (Å²) in [5.41, 5.74) is 0. The van der Waals surface area contributed by atoms with Gasteiger partial charge in [0.1, 0.15) is 6.61 Å². The predicted octanol–water partition coefficient (Wildman–Crippen LogP) is 1.67. The lowest BCUT2D eigenvalue weighted by molar-refractivity contribution is -0.125. The third-order valence-electron chi connectivity index (χ3n) is 1.76. The maximum absolute atomic E-state index is 11.4. The molecular weight excluding hydrogens is 168 g/mol. The molecule has 0 saturated carbocycles. The number of carbonyl (C=O) groups excluding carboxylic acids is 1. The van der Waals surface area contributed by atoms with Crippen LogP contribution in [0, 0.1) is 0 Å². The Morgan fingerprint density at radius 3 is 3.00 bits per heavy atom. The third-order valence-corrected chi connectivity index (χ3v) is 1.76. The van der Waals surface area contributed by atoms with Crippen molar-refractivity contribution in [3.63, 3.8) is 0 Å². The van der Waals surface area contributed by atoms with Gasteiger partial charge in [0, 0.05) is 0 Å². The molecule has 3 heteroatoms. The summed E-state index contributed by atoms with van der Waals surface area (Å²) in [4.78, 5) is 11.4. The van der Waals surface area contributed by atoms with Crippen molar-refractivity contribution in [2.24, 2.45) is 0 Å². The molecular formula is C10H16O3. The molecule has 0 spiro atoms. The number of carbonyl (C=O) groups is 1. The van der Waals surface area contributed by atoms with Crippen LogP contribution in [-0.4, -0.2) is 25.1 Å². The molecule has 0 fully saturated rings. The highest BCUT2D eigenvalue weighted by Gasteiger charge is 2.14. The van der Waals surface area contributed by atoms with E-state index in [1.165, 1.54) is 0 Å². The molecule has 0 bridgehead atoms. The monoisotopic (exact) mass is 184 g/mol. The Morgan fingerprint density at radius 2 is 2.46 bits per heavy atom. The summed E-state index contributed by atoms with van der Waals surface area (Å²) in [6.07, 6.45) is 3.87. The van der Waals surface area contributed by atoms with Crippen molar-refractivity contribution in [1.82, 2.24) is 0 Å². The van der Waals surface area contributed by atoms with Crippen LogP contribution in [0.25, 0.3) is 0 Å². The van der Waals surface area contributed by atoms with E-state index in [4.69, 9.17) is 9.47 Å². The molecule has 0 aromatic rings. The minimum absolute atomic E-state index is 0.0478. The normalized spacial score (nSPS) is 16.7. The number of ether oxygens (including phenoxy) is 2. The average Bonchev–Trinajstić information content (AvgIpc) is 2.15. The molecule has 0 atom stereocenters. The fraction of sp³-hybridized carbons (Fsp3) is 0.700. The second-order valence-corrected chi connectivity index (χ2v) is 3.34. The molecule has 0 radical (unpaired) electrons. The summed E-state index contributed by atoms with van der Waals surface area (Å²) in [6.45, 7) is 4.59. The van der Waals surface area contributed by atoms with Gasteiger partial charge in [-0.2, -0.15) is 0 Å². The Bertz CT molecular complexity index is 206. The lowest BCUT2D eigenvalue weighted by Gasteiger charge is -2.14. The first kappa shape index (κ1) is 10.3. The Labute approximate surface area is 78.7 Å². The Morgan fingerprint density at radius 1 is 1.69 bits per heavy atom. The van der Waals surface area contributed by atoms with Crippen molar-refractivity contribution in [3.05, 3.63) is 11.8 Å². The van der Waals surface area contributed by atoms with E-state index in [-0.39, 0.29) is 18.5 Å². The first-order valence-corrected chi connectivity index (χ1v) is 4.68. The van der Waals surface area contributed by atoms with E-state index in [2.05, 4.69) is 0 Å². The second kappa shape index (κ2) is 5.02. The number of hydrogen-bond donors (Lipinski definition) is 0. The second-order valence-electron chi connectivity index (χ2n) is 3.34. The molecule has 13 heavy (non-hydrogen) atoms. The van der Waals surface area contributed by atoms with Crippen LogP contribution in [0.3, 0.4) is 0 Å². The quantitative estimate of drug-likeness (QED) is 0.666. The fourth-order valence-corrected chi connectivity index (χ4v) is 1.07. The van der Waals surface area contributed by atoms with Crippen molar-refractivity contribution < 1.29 is 14.3 Å². The van der Waals surface area contributed by atoms with Crippen LogP contribution < -0.4 is 0 Å². The first-order chi connectivity index (χ1) is 6.20. The minimum atomic E-state index is -0.0478. The maximum Gasteiger partial charge on any atom is 0.222 e. The molecule has 1 aliphatic rings. The smallest absolute Gasteiger partial charge is 0.222 e. The van der Waals surface area contributed by atoms with Gasteiger partial charge in [-0.15, -0.1) is 0 Å². The molecule has 0 unspecified atom stereocenters. The molecule has 1 heterocycles. The standard InChI is InChI=1S/C10H16O3/c1-8(2)13-7-9(11)10-5-3-4-6-12-10/h5,8H,3-4,6-7H2,1-2H3. The van der Waals surface area contributed by atoms with Gasteiger partial charge < -0.3 is 9.47 Å². The molecule has 0 aromatic heterocycles. The summed E-state index contributed by atoms with van der Waals surface area (Å²) < 4.78 is 10.4. The van der Waals surface area contributed by atoms with Gasteiger partial charge in [-0.1, -0.05) is 0 Å². The first-order valence-electron chi connectivity index (χ1n) is 4.68. The lowest BCUT2D eigenvalue weighted by atomic mass is 10.2. The number of ketones is 1. The van der Waals surface area contributed by atoms with Gasteiger partial charge in [-0.05, 0) is 32.8 Å². The summed E-state index contributed by atoms with van der Waals surface area (Å²) in [7, 11) is 0. The van der Waals surface area contributed by atoms with E-state index < -0.39 is 0 Å². The molecule has 1 rings (SSSR count). The van der Waals surface area contributed by atoms with E-state index in [9.17, 15) is 4.79 Å². The Balaban J connectivity index is 2.34. The number of Topliss-reactive ketones (excluding diaryl/α,β-unsaturated/α-hetero) is 1.